The fourth-order valence-corrected chi connectivity index (χ4v) is 2.49. The van der Waals surface area contributed by atoms with Crippen LogP contribution in [-0.4, -0.2) is 5.97 Å². The van der Waals surface area contributed by atoms with Gasteiger partial charge < -0.3 is 10.5 Å². The number of benzene rings is 1. The fraction of sp³-hybridized carbons (Fsp3) is 0.154. The molecule has 19 heavy (non-hydrogen) atoms. The monoisotopic (exact) mass is 299 g/mol. The Morgan fingerprint density at radius 1 is 1.53 bits per heavy atom. The zero-order valence-electron chi connectivity index (χ0n) is 10.1. The van der Waals surface area contributed by atoms with Gasteiger partial charge in [0.2, 0.25) is 0 Å². The van der Waals surface area contributed by atoms with Gasteiger partial charge in [-0.3, -0.25) is 0 Å². The summed E-state index contributed by atoms with van der Waals surface area (Å²) in [5.41, 5.74) is 6.64. The Balaban J connectivity index is 2.06. The topological polar surface area (TPSA) is 52.3 Å². The molecule has 2 aromatic rings. The van der Waals surface area contributed by atoms with Crippen molar-refractivity contribution in [3.05, 3.63) is 50.4 Å². The summed E-state index contributed by atoms with van der Waals surface area (Å²) in [6.45, 7) is 1.74. The normalized spacial score (nSPS) is 10.5. The van der Waals surface area contributed by atoms with Gasteiger partial charge in [0.25, 0.3) is 0 Å². The summed E-state index contributed by atoms with van der Waals surface area (Å²) >= 11 is 7.03. The minimum Gasteiger partial charge on any atom is -0.457 e. The largest absolute Gasteiger partial charge is 0.457 e. The van der Waals surface area contributed by atoms with Gasteiger partial charge in [0, 0.05) is 16.1 Å². The summed E-state index contributed by atoms with van der Waals surface area (Å²) in [5.74, 6) is -1.03. The number of halogens is 2. The van der Waals surface area contributed by atoms with Gasteiger partial charge in [0.1, 0.15) is 17.3 Å². The molecule has 1 aromatic heterocycles. The SMILES string of the molecule is Cc1sc(C(=O)OCc2cccc(F)c2Cl)cc1N. The van der Waals surface area contributed by atoms with Gasteiger partial charge in [0.15, 0.2) is 0 Å². The standard InChI is InChI=1S/C13H11ClFNO2S/c1-7-10(16)5-11(19-7)13(17)18-6-8-3-2-4-9(15)12(8)14/h2-5H,6,16H2,1H3. The highest BCUT2D eigenvalue weighted by Crippen LogP contribution is 2.25. The van der Waals surface area contributed by atoms with Gasteiger partial charge in [-0.15, -0.1) is 11.3 Å². The van der Waals surface area contributed by atoms with E-state index < -0.39 is 11.8 Å². The van der Waals surface area contributed by atoms with Gasteiger partial charge >= 0.3 is 5.97 Å². The quantitative estimate of drug-likeness (QED) is 0.877. The zero-order valence-corrected chi connectivity index (χ0v) is 11.6. The smallest absolute Gasteiger partial charge is 0.348 e. The fourth-order valence-electron chi connectivity index (χ4n) is 1.47. The molecule has 0 fully saturated rings. The third-order valence-corrected chi connectivity index (χ3v) is 4.02. The number of ether oxygens (including phenoxy) is 1. The van der Waals surface area contributed by atoms with Gasteiger partial charge in [-0.1, -0.05) is 23.7 Å². The molecule has 0 aliphatic rings. The lowest BCUT2D eigenvalue weighted by atomic mass is 10.2. The lowest BCUT2D eigenvalue weighted by Gasteiger charge is -2.05. The number of hydrogen-bond acceptors (Lipinski definition) is 4. The van der Waals surface area contributed by atoms with E-state index in [2.05, 4.69) is 0 Å². The number of hydrogen-bond donors (Lipinski definition) is 1. The molecule has 0 aliphatic heterocycles. The Hall–Kier alpha value is -1.59. The van der Waals surface area contributed by atoms with Crippen LogP contribution in [-0.2, 0) is 11.3 Å². The first kappa shape index (κ1) is 13.8. The number of esters is 1. The Kier molecular flexibility index (Phi) is 4.07. The summed E-state index contributed by atoms with van der Waals surface area (Å²) in [4.78, 5) is 13.1. The highest BCUT2D eigenvalue weighted by atomic mass is 35.5. The minimum absolute atomic E-state index is 0.0304. The average Bonchev–Trinajstić information content (AvgIpc) is 2.71. The van der Waals surface area contributed by atoms with Crippen LogP contribution in [0.2, 0.25) is 5.02 Å². The molecular weight excluding hydrogens is 289 g/mol. The van der Waals surface area contributed by atoms with Crippen molar-refractivity contribution in [1.82, 2.24) is 0 Å². The van der Waals surface area contributed by atoms with E-state index in [1.807, 2.05) is 6.92 Å². The van der Waals surface area contributed by atoms with E-state index in [0.29, 0.717) is 16.1 Å². The maximum atomic E-state index is 13.2. The molecule has 2 rings (SSSR count). The van der Waals surface area contributed by atoms with E-state index in [9.17, 15) is 9.18 Å². The summed E-state index contributed by atoms with van der Waals surface area (Å²) in [5, 5.41) is -0.0304. The molecule has 0 atom stereocenters. The highest BCUT2D eigenvalue weighted by molar-refractivity contribution is 7.14. The molecule has 100 valence electrons. The molecule has 0 amide bonds. The zero-order chi connectivity index (χ0) is 14.0. The van der Waals surface area contributed by atoms with Crippen molar-refractivity contribution in [2.24, 2.45) is 0 Å². The van der Waals surface area contributed by atoms with Crippen LogP contribution in [0, 0.1) is 12.7 Å². The molecular formula is C13H11ClFNO2S. The number of aryl methyl sites for hydroxylation is 1. The lowest BCUT2D eigenvalue weighted by molar-refractivity contribution is 0.0478. The number of nitrogen functional groups attached to an aromatic ring is 1. The predicted molar refractivity (Wildman–Crippen MR) is 74.0 cm³/mol. The third kappa shape index (κ3) is 3.05. The first-order valence-electron chi connectivity index (χ1n) is 5.45. The van der Waals surface area contributed by atoms with E-state index in [0.717, 1.165) is 4.88 Å². The maximum absolute atomic E-state index is 13.2. The van der Waals surface area contributed by atoms with Crippen LogP contribution < -0.4 is 5.73 Å². The molecule has 0 saturated carbocycles. The molecule has 0 radical (unpaired) electrons. The minimum atomic E-state index is -0.536. The first-order chi connectivity index (χ1) is 8.99. The van der Waals surface area contributed by atoms with Crippen molar-refractivity contribution < 1.29 is 13.9 Å². The third-order valence-electron chi connectivity index (χ3n) is 2.55. The molecule has 0 bridgehead atoms. The Morgan fingerprint density at radius 3 is 2.89 bits per heavy atom. The van der Waals surface area contributed by atoms with Crippen LogP contribution >= 0.6 is 22.9 Å². The Morgan fingerprint density at radius 2 is 2.26 bits per heavy atom. The number of carbonyl (C=O) groups is 1. The van der Waals surface area contributed by atoms with Crippen LogP contribution in [0.25, 0.3) is 0 Å². The molecule has 0 spiro atoms. The van der Waals surface area contributed by atoms with E-state index in [4.69, 9.17) is 22.1 Å². The molecule has 3 nitrogen and oxygen atoms in total. The van der Waals surface area contributed by atoms with Crippen molar-refractivity contribution in [3.8, 4) is 0 Å². The van der Waals surface area contributed by atoms with E-state index >= 15 is 0 Å². The lowest BCUT2D eigenvalue weighted by Crippen LogP contribution is -2.04. The molecule has 2 N–H and O–H groups in total. The number of thiophene rings is 1. The Labute approximate surface area is 118 Å². The van der Waals surface area contributed by atoms with Crippen molar-refractivity contribution >= 4 is 34.6 Å². The van der Waals surface area contributed by atoms with E-state index in [1.165, 1.54) is 23.5 Å². The van der Waals surface area contributed by atoms with Crippen molar-refractivity contribution in [1.29, 1.82) is 0 Å². The van der Waals surface area contributed by atoms with Gasteiger partial charge in [0.05, 0.1) is 5.02 Å². The van der Waals surface area contributed by atoms with Gasteiger partial charge in [-0.05, 0) is 19.1 Å². The first-order valence-corrected chi connectivity index (χ1v) is 6.64. The van der Waals surface area contributed by atoms with Crippen LogP contribution in [0.1, 0.15) is 20.1 Å². The molecule has 6 heteroatoms. The van der Waals surface area contributed by atoms with Crippen molar-refractivity contribution in [3.63, 3.8) is 0 Å². The van der Waals surface area contributed by atoms with Crippen molar-refractivity contribution in [2.75, 3.05) is 5.73 Å². The second-order valence-electron chi connectivity index (χ2n) is 3.91. The van der Waals surface area contributed by atoms with Crippen molar-refractivity contribution in [2.45, 2.75) is 13.5 Å². The number of anilines is 1. The number of carbonyl (C=O) groups excluding carboxylic acids is 1. The molecule has 1 heterocycles. The second kappa shape index (κ2) is 5.59. The van der Waals surface area contributed by atoms with Gasteiger partial charge in [-0.2, -0.15) is 0 Å². The summed E-state index contributed by atoms with van der Waals surface area (Å²) in [7, 11) is 0. The highest BCUT2D eigenvalue weighted by Gasteiger charge is 2.14. The molecule has 0 unspecified atom stereocenters. The van der Waals surface area contributed by atoms with E-state index in [1.54, 1.807) is 12.1 Å². The number of nitrogens with two attached hydrogens (primary N) is 1. The summed E-state index contributed by atoms with van der Waals surface area (Å²) in [6.07, 6.45) is 0. The van der Waals surface area contributed by atoms with Crippen LogP contribution in [0.5, 0.6) is 0 Å². The van der Waals surface area contributed by atoms with E-state index in [-0.39, 0.29) is 11.6 Å². The summed E-state index contributed by atoms with van der Waals surface area (Å²) < 4.78 is 18.3. The predicted octanol–water partition coefficient (Wildman–Crippen LogP) is 3.79. The van der Waals surface area contributed by atoms with Crippen LogP contribution in [0.4, 0.5) is 10.1 Å². The molecule has 1 aromatic carbocycles. The maximum Gasteiger partial charge on any atom is 0.348 e. The number of rotatable bonds is 3. The molecule has 0 saturated heterocycles. The van der Waals surface area contributed by atoms with Gasteiger partial charge in [-0.25, -0.2) is 9.18 Å². The average molecular weight is 300 g/mol. The van der Waals surface area contributed by atoms with Crippen LogP contribution in [0.3, 0.4) is 0 Å². The second-order valence-corrected chi connectivity index (χ2v) is 5.55. The Bertz CT molecular complexity index is 608. The summed E-state index contributed by atoms with van der Waals surface area (Å²) in [6, 6.07) is 5.93. The van der Waals surface area contributed by atoms with Crippen LogP contribution in [0.15, 0.2) is 24.3 Å². The molecule has 0 aliphatic carbocycles.